The first-order chi connectivity index (χ1) is 19.9. The summed E-state index contributed by atoms with van der Waals surface area (Å²) >= 11 is 0. The van der Waals surface area contributed by atoms with Crippen LogP contribution in [-0.2, 0) is 17.9 Å². The molecule has 3 amide bonds. The van der Waals surface area contributed by atoms with Gasteiger partial charge in [0.1, 0.15) is 11.5 Å². The zero-order valence-corrected chi connectivity index (χ0v) is 23.4. The number of nitrogens with one attached hydrogen (secondary N) is 1. The van der Waals surface area contributed by atoms with E-state index in [-0.39, 0.29) is 17.8 Å². The zero-order valence-electron chi connectivity index (χ0n) is 23.4. The molecule has 9 nitrogen and oxygen atoms in total. The van der Waals surface area contributed by atoms with Crippen LogP contribution in [0.3, 0.4) is 0 Å². The molecule has 0 saturated carbocycles. The van der Waals surface area contributed by atoms with Crippen LogP contribution >= 0.6 is 0 Å². The highest BCUT2D eigenvalue weighted by Crippen LogP contribution is 2.38. The molecule has 1 saturated heterocycles. The van der Waals surface area contributed by atoms with Gasteiger partial charge in [0.05, 0.1) is 23.0 Å². The summed E-state index contributed by atoms with van der Waals surface area (Å²) in [5.74, 6) is -0.0168. The van der Waals surface area contributed by atoms with Crippen molar-refractivity contribution in [1.29, 1.82) is 0 Å². The van der Waals surface area contributed by atoms with Gasteiger partial charge in [0, 0.05) is 63.1 Å². The van der Waals surface area contributed by atoms with E-state index < -0.39 is 0 Å². The van der Waals surface area contributed by atoms with Crippen molar-refractivity contribution in [2.24, 2.45) is 5.92 Å². The number of hydrogen-bond acceptors (Lipinski definition) is 4. The SMILES string of the molecule is CN1CCC(CN(C)C(=O)N2CCn3cc(C4=C(c5cnc6ccccn56)C(=O)NC4)c4cc(F)cc(c43)C2)CC1. The zero-order chi connectivity index (χ0) is 28.2. The van der Waals surface area contributed by atoms with Crippen LogP contribution in [0.25, 0.3) is 27.7 Å². The highest BCUT2D eigenvalue weighted by atomic mass is 19.1. The van der Waals surface area contributed by atoms with E-state index in [9.17, 15) is 9.59 Å². The molecule has 3 aliphatic heterocycles. The summed E-state index contributed by atoms with van der Waals surface area (Å²) in [4.78, 5) is 37.1. The van der Waals surface area contributed by atoms with Crippen molar-refractivity contribution in [3.63, 3.8) is 0 Å². The van der Waals surface area contributed by atoms with Crippen molar-refractivity contribution in [2.45, 2.75) is 25.9 Å². The molecule has 0 radical (unpaired) electrons. The number of carbonyl (C=O) groups is 2. The fourth-order valence-electron chi connectivity index (χ4n) is 6.76. The van der Waals surface area contributed by atoms with Crippen molar-refractivity contribution in [2.75, 3.05) is 46.8 Å². The molecule has 3 aliphatic rings. The van der Waals surface area contributed by atoms with Gasteiger partial charge in [-0.25, -0.2) is 14.2 Å². The van der Waals surface area contributed by atoms with Gasteiger partial charge in [-0.05, 0) is 74.3 Å². The number of nitrogens with zero attached hydrogens (tertiary/aromatic N) is 6. The number of urea groups is 1. The summed E-state index contributed by atoms with van der Waals surface area (Å²) in [5.41, 5.74) is 5.37. The van der Waals surface area contributed by atoms with Crippen molar-refractivity contribution in [1.82, 2.24) is 34.0 Å². The largest absolute Gasteiger partial charge is 0.348 e. The summed E-state index contributed by atoms with van der Waals surface area (Å²) in [5, 5.41) is 3.73. The molecule has 212 valence electrons. The lowest BCUT2D eigenvalue weighted by Crippen LogP contribution is -2.44. The third-order valence-corrected chi connectivity index (χ3v) is 8.91. The summed E-state index contributed by atoms with van der Waals surface area (Å²) in [6.07, 6.45) is 7.81. The number of hydrogen-bond donors (Lipinski definition) is 1. The molecule has 10 heteroatoms. The number of amides is 3. The third kappa shape index (κ3) is 4.46. The highest BCUT2D eigenvalue weighted by Gasteiger charge is 2.32. The molecule has 0 unspecified atom stereocenters. The van der Waals surface area contributed by atoms with Gasteiger partial charge in [-0.15, -0.1) is 0 Å². The van der Waals surface area contributed by atoms with E-state index in [1.54, 1.807) is 18.3 Å². The maximum Gasteiger partial charge on any atom is 0.320 e. The summed E-state index contributed by atoms with van der Waals surface area (Å²) < 4.78 is 19.2. The third-order valence-electron chi connectivity index (χ3n) is 8.91. The fraction of sp³-hybridized carbons (Fsp3) is 0.387. The van der Waals surface area contributed by atoms with Gasteiger partial charge < -0.3 is 24.6 Å². The predicted molar refractivity (Wildman–Crippen MR) is 156 cm³/mol. The van der Waals surface area contributed by atoms with E-state index in [1.807, 2.05) is 51.8 Å². The van der Waals surface area contributed by atoms with E-state index in [0.717, 1.165) is 65.7 Å². The second kappa shape index (κ2) is 10.0. The van der Waals surface area contributed by atoms with Crippen LogP contribution in [0.15, 0.2) is 48.9 Å². The van der Waals surface area contributed by atoms with Crippen LogP contribution < -0.4 is 5.32 Å². The van der Waals surface area contributed by atoms with Gasteiger partial charge >= 0.3 is 6.03 Å². The van der Waals surface area contributed by atoms with E-state index >= 15 is 4.39 Å². The first kappa shape index (κ1) is 25.8. The lowest BCUT2D eigenvalue weighted by molar-refractivity contribution is -0.114. The van der Waals surface area contributed by atoms with Gasteiger partial charge in [-0.3, -0.25) is 9.20 Å². The quantitative estimate of drug-likeness (QED) is 0.417. The lowest BCUT2D eigenvalue weighted by Gasteiger charge is -2.33. The molecule has 1 N–H and O–H groups in total. The molecule has 0 bridgehead atoms. The van der Waals surface area contributed by atoms with Crippen LogP contribution in [0.4, 0.5) is 9.18 Å². The second-order valence-corrected chi connectivity index (χ2v) is 11.6. The molecule has 41 heavy (non-hydrogen) atoms. The number of carbonyl (C=O) groups excluding carboxylic acids is 2. The minimum Gasteiger partial charge on any atom is -0.348 e. The number of halogens is 1. The van der Waals surface area contributed by atoms with E-state index in [4.69, 9.17) is 0 Å². The van der Waals surface area contributed by atoms with Gasteiger partial charge in [-0.1, -0.05) is 6.07 Å². The fourth-order valence-corrected chi connectivity index (χ4v) is 6.76. The van der Waals surface area contributed by atoms with Gasteiger partial charge in [0.25, 0.3) is 5.91 Å². The van der Waals surface area contributed by atoms with Crippen molar-refractivity contribution >= 4 is 39.6 Å². The van der Waals surface area contributed by atoms with Crippen molar-refractivity contribution in [3.8, 4) is 0 Å². The van der Waals surface area contributed by atoms with Crippen LogP contribution in [0, 0.1) is 11.7 Å². The molecular formula is C31H34FN7O2. The molecule has 3 aromatic heterocycles. The van der Waals surface area contributed by atoms with Crippen LogP contribution in [0.1, 0.15) is 29.7 Å². The second-order valence-electron chi connectivity index (χ2n) is 11.6. The number of benzene rings is 1. The minimum atomic E-state index is -0.352. The Hall–Kier alpha value is -4.18. The molecular weight excluding hydrogens is 521 g/mol. The number of pyridine rings is 1. The highest BCUT2D eigenvalue weighted by molar-refractivity contribution is 6.31. The van der Waals surface area contributed by atoms with E-state index in [0.29, 0.717) is 43.4 Å². The average molecular weight is 556 g/mol. The smallest absolute Gasteiger partial charge is 0.320 e. The Morgan fingerprint density at radius 2 is 2.00 bits per heavy atom. The number of piperidine rings is 1. The first-order valence-corrected chi connectivity index (χ1v) is 14.3. The summed E-state index contributed by atoms with van der Waals surface area (Å²) in [6, 6.07) is 8.79. The predicted octanol–water partition coefficient (Wildman–Crippen LogP) is 3.68. The number of rotatable bonds is 4. The topological polar surface area (TPSA) is 78.1 Å². The maximum absolute atomic E-state index is 15.2. The monoisotopic (exact) mass is 555 g/mol. The minimum absolute atomic E-state index is 0.0180. The molecule has 0 atom stereocenters. The molecule has 6 heterocycles. The summed E-state index contributed by atoms with van der Waals surface area (Å²) in [7, 11) is 4.02. The Kier molecular flexibility index (Phi) is 6.30. The normalized spacial score (nSPS) is 18.4. The number of imidazole rings is 1. The Balaban J connectivity index is 1.23. The van der Waals surface area contributed by atoms with Gasteiger partial charge in [0.2, 0.25) is 0 Å². The maximum atomic E-state index is 15.2. The Labute approximate surface area is 237 Å². The first-order valence-electron chi connectivity index (χ1n) is 14.3. The van der Waals surface area contributed by atoms with Crippen LogP contribution in [0.2, 0.25) is 0 Å². The lowest BCUT2D eigenvalue weighted by atomic mass is 9.97. The van der Waals surface area contributed by atoms with Crippen molar-refractivity contribution < 1.29 is 14.0 Å². The molecule has 1 fully saturated rings. The van der Waals surface area contributed by atoms with Gasteiger partial charge in [-0.2, -0.15) is 0 Å². The molecule has 7 rings (SSSR count). The Morgan fingerprint density at radius 3 is 2.83 bits per heavy atom. The molecule has 0 spiro atoms. The number of likely N-dealkylation sites (tertiary alicyclic amines) is 1. The van der Waals surface area contributed by atoms with Crippen LogP contribution in [0.5, 0.6) is 0 Å². The van der Waals surface area contributed by atoms with Gasteiger partial charge in [0.15, 0.2) is 0 Å². The Bertz CT molecular complexity index is 1710. The van der Waals surface area contributed by atoms with Crippen molar-refractivity contribution in [3.05, 3.63) is 71.6 Å². The number of aromatic nitrogens is 3. The number of fused-ring (bicyclic) bond motifs is 1. The standard InChI is InChI=1S/C31H34FN7O2/c1-35-9-6-20(7-10-35)17-36(2)31(41)38-12-11-37-19-25(23-14-22(32)13-21(18-38)29(23)37)24-15-34-30(40)28(24)26-16-33-27-5-3-4-8-39(26)27/h3-5,8,13-14,16,19-20H,6-7,9-12,15,17-18H2,1-2H3,(H,34,40). The molecule has 1 aromatic carbocycles. The van der Waals surface area contributed by atoms with Crippen LogP contribution in [-0.4, -0.2) is 87.4 Å². The Morgan fingerprint density at radius 1 is 1.17 bits per heavy atom. The van der Waals surface area contributed by atoms with E-state index in [2.05, 4.69) is 26.8 Å². The molecule has 0 aliphatic carbocycles. The molecule has 4 aromatic rings. The van der Waals surface area contributed by atoms with E-state index in [1.165, 1.54) is 0 Å². The summed E-state index contributed by atoms with van der Waals surface area (Å²) in [6.45, 7) is 4.66. The average Bonchev–Trinajstić information content (AvgIpc) is 3.62.